The third-order valence-corrected chi connectivity index (χ3v) is 3.06. The number of aryl methyl sites for hydroxylation is 2. The van der Waals surface area contributed by atoms with Gasteiger partial charge in [0.2, 0.25) is 0 Å². The Morgan fingerprint density at radius 1 is 0.688 bits per heavy atom. The van der Waals surface area contributed by atoms with Crippen molar-refractivity contribution >= 4 is 0 Å². The minimum Gasteiger partial charge on any atom is -0.0622 e. The lowest BCUT2D eigenvalue weighted by atomic mass is 9.92. The van der Waals surface area contributed by atoms with E-state index in [1.165, 1.54) is 22.3 Å². The molecule has 0 aromatic heterocycles. The van der Waals surface area contributed by atoms with E-state index >= 15 is 0 Å². The molecule has 2 aromatic rings. The van der Waals surface area contributed by atoms with Crippen molar-refractivity contribution in [2.24, 2.45) is 0 Å². The standard InChI is InChI=1S/C16H18/c1-3-13-11-8-12-14(4-2)16(13)15-9-6-5-7-10-15/h5-12H,3-4H2,1-2H3. The van der Waals surface area contributed by atoms with Crippen molar-refractivity contribution in [1.82, 2.24) is 0 Å². The average molecular weight is 210 g/mol. The van der Waals surface area contributed by atoms with E-state index in [0.29, 0.717) is 0 Å². The first-order chi connectivity index (χ1) is 7.86. The highest BCUT2D eigenvalue weighted by Gasteiger charge is 2.07. The quantitative estimate of drug-likeness (QED) is 0.700. The van der Waals surface area contributed by atoms with Crippen LogP contribution >= 0.6 is 0 Å². The van der Waals surface area contributed by atoms with E-state index in [1.54, 1.807) is 0 Å². The van der Waals surface area contributed by atoms with Gasteiger partial charge in [-0.3, -0.25) is 0 Å². The average Bonchev–Trinajstić information content (AvgIpc) is 2.38. The van der Waals surface area contributed by atoms with Crippen LogP contribution in [-0.4, -0.2) is 0 Å². The van der Waals surface area contributed by atoms with Crippen LogP contribution in [0.2, 0.25) is 0 Å². The topological polar surface area (TPSA) is 0 Å². The summed E-state index contributed by atoms with van der Waals surface area (Å²) >= 11 is 0. The molecule has 0 spiro atoms. The fourth-order valence-corrected chi connectivity index (χ4v) is 2.22. The van der Waals surface area contributed by atoms with Crippen LogP contribution in [0.3, 0.4) is 0 Å². The van der Waals surface area contributed by atoms with Gasteiger partial charge in [-0.1, -0.05) is 62.4 Å². The minimum atomic E-state index is 1.10. The first-order valence-electron chi connectivity index (χ1n) is 6.03. The smallest absolute Gasteiger partial charge is 0.0120 e. The molecule has 0 nitrogen and oxygen atoms in total. The zero-order chi connectivity index (χ0) is 11.4. The monoisotopic (exact) mass is 210 g/mol. The van der Waals surface area contributed by atoms with Crippen LogP contribution in [-0.2, 0) is 12.8 Å². The Labute approximate surface area is 97.9 Å². The molecule has 0 aliphatic heterocycles. The Hall–Kier alpha value is -1.56. The van der Waals surface area contributed by atoms with Gasteiger partial charge in [0.05, 0.1) is 0 Å². The lowest BCUT2D eigenvalue weighted by Gasteiger charge is -2.13. The maximum absolute atomic E-state index is 2.24. The molecule has 2 aromatic carbocycles. The summed E-state index contributed by atoms with van der Waals surface area (Å²) < 4.78 is 0. The molecule has 0 amide bonds. The van der Waals surface area contributed by atoms with E-state index in [9.17, 15) is 0 Å². The third-order valence-electron chi connectivity index (χ3n) is 3.06. The lowest BCUT2D eigenvalue weighted by molar-refractivity contribution is 1.09. The van der Waals surface area contributed by atoms with Gasteiger partial charge in [-0.25, -0.2) is 0 Å². The van der Waals surface area contributed by atoms with Gasteiger partial charge in [0, 0.05) is 0 Å². The molecule has 0 N–H and O–H groups in total. The summed E-state index contributed by atoms with van der Waals surface area (Å²) in [6, 6.07) is 17.3. The summed E-state index contributed by atoms with van der Waals surface area (Å²) in [5.41, 5.74) is 5.68. The molecule has 0 saturated carbocycles. The molecule has 16 heavy (non-hydrogen) atoms. The van der Waals surface area contributed by atoms with E-state index < -0.39 is 0 Å². The van der Waals surface area contributed by atoms with Gasteiger partial charge in [-0.2, -0.15) is 0 Å². The largest absolute Gasteiger partial charge is 0.0622 e. The van der Waals surface area contributed by atoms with Crippen molar-refractivity contribution in [3.8, 4) is 11.1 Å². The van der Waals surface area contributed by atoms with Gasteiger partial charge in [-0.05, 0) is 35.1 Å². The van der Waals surface area contributed by atoms with Gasteiger partial charge in [0.25, 0.3) is 0 Å². The number of hydrogen-bond donors (Lipinski definition) is 0. The van der Waals surface area contributed by atoms with E-state index in [0.717, 1.165) is 12.8 Å². The maximum Gasteiger partial charge on any atom is -0.0120 e. The van der Waals surface area contributed by atoms with Crippen molar-refractivity contribution in [2.45, 2.75) is 26.7 Å². The summed E-state index contributed by atoms with van der Waals surface area (Å²) in [5.74, 6) is 0. The fraction of sp³-hybridized carbons (Fsp3) is 0.250. The summed E-state index contributed by atoms with van der Waals surface area (Å²) in [6.07, 6.45) is 2.19. The SMILES string of the molecule is CCc1cccc(CC)c1-c1ccccc1. The molecule has 0 unspecified atom stereocenters. The van der Waals surface area contributed by atoms with E-state index in [-0.39, 0.29) is 0 Å². The first-order valence-corrected chi connectivity index (χ1v) is 6.03. The minimum absolute atomic E-state index is 1.10. The van der Waals surface area contributed by atoms with Crippen LogP contribution in [0, 0.1) is 0 Å². The Kier molecular flexibility index (Phi) is 3.40. The van der Waals surface area contributed by atoms with Crippen molar-refractivity contribution < 1.29 is 0 Å². The fourth-order valence-electron chi connectivity index (χ4n) is 2.22. The second-order valence-corrected chi connectivity index (χ2v) is 4.02. The van der Waals surface area contributed by atoms with Crippen molar-refractivity contribution in [3.05, 3.63) is 59.7 Å². The highest BCUT2D eigenvalue weighted by Crippen LogP contribution is 2.28. The molecule has 0 heterocycles. The van der Waals surface area contributed by atoms with E-state index in [4.69, 9.17) is 0 Å². The molecular weight excluding hydrogens is 192 g/mol. The van der Waals surface area contributed by atoms with Crippen molar-refractivity contribution in [3.63, 3.8) is 0 Å². The molecule has 0 atom stereocenters. The van der Waals surface area contributed by atoms with Gasteiger partial charge in [0.1, 0.15) is 0 Å². The Morgan fingerprint density at radius 2 is 1.25 bits per heavy atom. The van der Waals surface area contributed by atoms with E-state index in [1.807, 2.05) is 0 Å². The molecule has 0 aliphatic carbocycles. The van der Waals surface area contributed by atoms with E-state index in [2.05, 4.69) is 62.4 Å². The van der Waals surface area contributed by atoms with Gasteiger partial charge in [-0.15, -0.1) is 0 Å². The molecule has 0 heteroatoms. The van der Waals surface area contributed by atoms with Crippen molar-refractivity contribution in [2.75, 3.05) is 0 Å². The zero-order valence-electron chi connectivity index (χ0n) is 10.0. The summed E-state index contributed by atoms with van der Waals surface area (Å²) in [4.78, 5) is 0. The van der Waals surface area contributed by atoms with Crippen LogP contribution in [0.4, 0.5) is 0 Å². The Balaban J connectivity index is 2.62. The predicted molar refractivity (Wildman–Crippen MR) is 70.6 cm³/mol. The number of rotatable bonds is 3. The van der Waals surface area contributed by atoms with Gasteiger partial charge >= 0.3 is 0 Å². The van der Waals surface area contributed by atoms with Crippen molar-refractivity contribution in [1.29, 1.82) is 0 Å². The summed E-state index contributed by atoms with van der Waals surface area (Å²) in [6.45, 7) is 4.45. The van der Waals surface area contributed by atoms with Crippen LogP contribution in [0.15, 0.2) is 48.5 Å². The molecule has 0 aliphatic rings. The predicted octanol–water partition coefficient (Wildman–Crippen LogP) is 4.48. The lowest BCUT2D eigenvalue weighted by Crippen LogP contribution is -1.93. The second kappa shape index (κ2) is 4.98. The first kappa shape index (κ1) is 10.9. The molecule has 0 bridgehead atoms. The molecule has 0 fully saturated rings. The molecule has 2 rings (SSSR count). The molecule has 82 valence electrons. The summed E-state index contributed by atoms with van der Waals surface area (Å²) in [5, 5.41) is 0. The molecule has 0 saturated heterocycles. The zero-order valence-corrected chi connectivity index (χ0v) is 10.0. The van der Waals surface area contributed by atoms with Crippen LogP contribution < -0.4 is 0 Å². The van der Waals surface area contributed by atoms with Crippen LogP contribution in [0.5, 0.6) is 0 Å². The van der Waals surface area contributed by atoms with Gasteiger partial charge in [0.15, 0.2) is 0 Å². The van der Waals surface area contributed by atoms with Gasteiger partial charge < -0.3 is 0 Å². The summed E-state index contributed by atoms with van der Waals surface area (Å²) in [7, 11) is 0. The van der Waals surface area contributed by atoms with Crippen LogP contribution in [0.1, 0.15) is 25.0 Å². The second-order valence-electron chi connectivity index (χ2n) is 4.02. The molecule has 0 radical (unpaired) electrons. The number of hydrogen-bond acceptors (Lipinski definition) is 0. The Bertz CT molecular complexity index is 432. The third kappa shape index (κ3) is 2.01. The number of benzene rings is 2. The highest BCUT2D eigenvalue weighted by atomic mass is 14.1. The highest BCUT2D eigenvalue weighted by molar-refractivity contribution is 5.71. The Morgan fingerprint density at radius 3 is 1.75 bits per heavy atom. The molecular formula is C16H18. The van der Waals surface area contributed by atoms with Crippen LogP contribution in [0.25, 0.3) is 11.1 Å². The normalized spacial score (nSPS) is 10.4. The maximum atomic E-state index is 2.24.